The molecule has 2 bridgehead atoms. The first-order valence-electron chi connectivity index (χ1n) is 6.21. The number of carbonyl (C=O) groups excluding carboxylic acids is 1. The van der Waals surface area contributed by atoms with Gasteiger partial charge in [-0.05, 0) is 43.8 Å². The summed E-state index contributed by atoms with van der Waals surface area (Å²) in [5, 5.41) is 9.92. The molecule has 2 rings (SSSR count). The molecule has 0 radical (unpaired) electrons. The van der Waals surface area contributed by atoms with Gasteiger partial charge in [-0.25, -0.2) is 0 Å². The van der Waals surface area contributed by atoms with Gasteiger partial charge in [0.05, 0.1) is 6.10 Å². The van der Waals surface area contributed by atoms with Gasteiger partial charge in [-0.15, -0.1) is 0 Å². The maximum absolute atomic E-state index is 11.9. The van der Waals surface area contributed by atoms with Crippen molar-refractivity contribution in [3.05, 3.63) is 35.5 Å². The molecule has 0 saturated carbocycles. The predicted octanol–water partition coefficient (Wildman–Crippen LogP) is 2.80. The Hall–Kier alpha value is -1.15. The van der Waals surface area contributed by atoms with E-state index in [1.165, 1.54) is 5.57 Å². The molecule has 0 aliphatic heterocycles. The van der Waals surface area contributed by atoms with Gasteiger partial charge in [-0.1, -0.05) is 30.7 Å². The Balaban J connectivity index is 2.51. The summed E-state index contributed by atoms with van der Waals surface area (Å²) in [4.78, 5) is 11.9. The second kappa shape index (κ2) is 4.26. The standard InChI is InChI=1S/C15H20O2/c1-10-12-5-4-6-13(11(2)16)15(3,9-12)8-7-14(10)17/h4,6-8,11,13,16H,5,9H2,1-3H3. The minimum absolute atomic E-state index is 0.0787. The molecule has 2 heteroatoms. The molecule has 0 aromatic heterocycles. The summed E-state index contributed by atoms with van der Waals surface area (Å²) >= 11 is 0. The van der Waals surface area contributed by atoms with Crippen molar-refractivity contribution in [3.8, 4) is 0 Å². The van der Waals surface area contributed by atoms with Crippen LogP contribution >= 0.6 is 0 Å². The summed E-state index contributed by atoms with van der Waals surface area (Å²) in [6.45, 7) is 5.86. The number of hydrogen-bond acceptors (Lipinski definition) is 2. The maximum atomic E-state index is 11.9. The van der Waals surface area contributed by atoms with Gasteiger partial charge in [0.25, 0.3) is 0 Å². The van der Waals surface area contributed by atoms with E-state index in [9.17, 15) is 9.90 Å². The molecular formula is C15H20O2. The van der Waals surface area contributed by atoms with E-state index in [4.69, 9.17) is 0 Å². The zero-order valence-electron chi connectivity index (χ0n) is 10.7. The number of ketones is 1. The number of hydrogen-bond donors (Lipinski definition) is 1. The molecule has 92 valence electrons. The molecule has 0 saturated heterocycles. The van der Waals surface area contributed by atoms with Gasteiger partial charge < -0.3 is 5.11 Å². The Morgan fingerprint density at radius 1 is 1.53 bits per heavy atom. The third-order valence-corrected chi connectivity index (χ3v) is 4.10. The monoisotopic (exact) mass is 232 g/mol. The smallest absolute Gasteiger partial charge is 0.181 e. The Kier molecular flexibility index (Phi) is 3.09. The van der Waals surface area contributed by atoms with Gasteiger partial charge in [0.15, 0.2) is 5.78 Å². The van der Waals surface area contributed by atoms with Crippen molar-refractivity contribution in [1.29, 1.82) is 0 Å². The molecule has 0 aromatic carbocycles. The molecule has 0 fully saturated rings. The first-order chi connectivity index (χ1) is 7.94. The Morgan fingerprint density at radius 2 is 2.24 bits per heavy atom. The van der Waals surface area contributed by atoms with E-state index in [0.717, 1.165) is 18.4 Å². The average molecular weight is 232 g/mol. The summed E-state index contributed by atoms with van der Waals surface area (Å²) < 4.78 is 0. The van der Waals surface area contributed by atoms with Crippen LogP contribution in [-0.2, 0) is 4.79 Å². The van der Waals surface area contributed by atoms with Crippen LogP contribution in [0.5, 0.6) is 0 Å². The molecule has 0 amide bonds. The van der Waals surface area contributed by atoms with Crippen LogP contribution < -0.4 is 0 Å². The van der Waals surface area contributed by atoms with Gasteiger partial charge in [0.2, 0.25) is 0 Å². The van der Waals surface area contributed by atoms with E-state index >= 15 is 0 Å². The lowest BCUT2D eigenvalue weighted by atomic mass is 9.71. The van der Waals surface area contributed by atoms with Crippen LogP contribution in [0.3, 0.4) is 0 Å². The normalized spacial score (nSPS) is 34.6. The van der Waals surface area contributed by atoms with E-state index in [-0.39, 0.29) is 17.1 Å². The van der Waals surface area contributed by atoms with Crippen molar-refractivity contribution in [2.75, 3.05) is 0 Å². The number of carbonyl (C=O) groups is 1. The molecule has 17 heavy (non-hydrogen) atoms. The number of aliphatic hydroxyl groups excluding tert-OH is 1. The summed E-state index contributed by atoms with van der Waals surface area (Å²) in [6, 6.07) is 0. The number of allylic oxidation sites excluding steroid dienone is 5. The van der Waals surface area contributed by atoms with Crippen molar-refractivity contribution in [2.45, 2.75) is 39.7 Å². The second-order valence-corrected chi connectivity index (χ2v) is 5.51. The van der Waals surface area contributed by atoms with E-state index in [0.29, 0.717) is 0 Å². The van der Waals surface area contributed by atoms with Crippen LogP contribution in [0.25, 0.3) is 0 Å². The van der Waals surface area contributed by atoms with Gasteiger partial charge in [0.1, 0.15) is 0 Å². The Labute approximate surface area is 103 Å². The first kappa shape index (κ1) is 12.3. The molecule has 2 aliphatic carbocycles. The molecule has 1 N–H and O–H groups in total. The van der Waals surface area contributed by atoms with Crippen LogP contribution in [0.4, 0.5) is 0 Å². The number of rotatable bonds is 1. The minimum Gasteiger partial charge on any atom is -0.393 e. The fourth-order valence-corrected chi connectivity index (χ4v) is 2.96. The first-order valence-corrected chi connectivity index (χ1v) is 6.21. The lowest BCUT2D eigenvalue weighted by Gasteiger charge is -2.34. The second-order valence-electron chi connectivity index (χ2n) is 5.51. The number of aliphatic hydroxyl groups is 1. The SMILES string of the molecule is CC1=C2CC=CC(C(C)O)C(C)(C=CC1=O)C2. The highest BCUT2D eigenvalue weighted by molar-refractivity contribution is 6.04. The van der Waals surface area contributed by atoms with Gasteiger partial charge in [0, 0.05) is 5.92 Å². The molecule has 0 aromatic rings. The van der Waals surface area contributed by atoms with E-state index in [1.54, 1.807) is 6.08 Å². The molecule has 2 nitrogen and oxygen atoms in total. The van der Waals surface area contributed by atoms with Crippen LogP contribution in [0, 0.1) is 11.3 Å². The third kappa shape index (κ3) is 2.14. The number of fused-ring (bicyclic) bond motifs is 2. The zero-order valence-corrected chi connectivity index (χ0v) is 10.7. The van der Waals surface area contributed by atoms with E-state index < -0.39 is 6.10 Å². The van der Waals surface area contributed by atoms with Crippen LogP contribution in [0.2, 0.25) is 0 Å². The fraction of sp³-hybridized carbons (Fsp3) is 0.533. The van der Waals surface area contributed by atoms with Crippen molar-refractivity contribution in [1.82, 2.24) is 0 Å². The minimum atomic E-state index is -0.395. The summed E-state index contributed by atoms with van der Waals surface area (Å²) in [7, 11) is 0. The van der Waals surface area contributed by atoms with Gasteiger partial charge in [-0.2, -0.15) is 0 Å². The molecular weight excluding hydrogens is 212 g/mol. The van der Waals surface area contributed by atoms with E-state index in [2.05, 4.69) is 19.1 Å². The van der Waals surface area contributed by atoms with E-state index in [1.807, 2.05) is 19.9 Å². The molecule has 3 atom stereocenters. The fourth-order valence-electron chi connectivity index (χ4n) is 2.96. The Bertz CT molecular complexity index is 426. The highest BCUT2D eigenvalue weighted by atomic mass is 16.3. The molecule has 0 spiro atoms. The van der Waals surface area contributed by atoms with Crippen molar-refractivity contribution in [2.24, 2.45) is 11.3 Å². The third-order valence-electron chi connectivity index (χ3n) is 4.10. The lowest BCUT2D eigenvalue weighted by molar-refractivity contribution is -0.111. The van der Waals surface area contributed by atoms with Crippen molar-refractivity contribution in [3.63, 3.8) is 0 Å². The summed E-state index contributed by atoms with van der Waals surface area (Å²) in [6.07, 6.45) is 9.16. The highest BCUT2D eigenvalue weighted by Gasteiger charge is 2.37. The average Bonchev–Trinajstić information content (AvgIpc) is 2.49. The van der Waals surface area contributed by atoms with Crippen molar-refractivity contribution >= 4 is 5.78 Å². The van der Waals surface area contributed by atoms with Crippen LogP contribution in [-0.4, -0.2) is 17.0 Å². The predicted molar refractivity (Wildman–Crippen MR) is 68.5 cm³/mol. The van der Waals surface area contributed by atoms with Crippen LogP contribution in [0.15, 0.2) is 35.5 Å². The zero-order chi connectivity index (χ0) is 12.6. The van der Waals surface area contributed by atoms with Gasteiger partial charge in [-0.3, -0.25) is 4.79 Å². The molecule has 2 aliphatic rings. The largest absolute Gasteiger partial charge is 0.393 e. The van der Waals surface area contributed by atoms with Crippen molar-refractivity contribution < 1.29 is 9.90 Å². The topological polar surface area (TPSA) is 37.3 Å². The van der Waals surface area contributed by atoms with Gasteiger partial charge >= 0.3 is 0 Å². The molecule has 3 unspecified atom stereocenters. The highest BCUT2D eigenvalue weighted by Crippen LogP contribution is 2.44. The maximum Gasteiger partial charge on any atom is 0.181 e. The summed E-state index contributed by atoms with van der Waals surface area (Å²) in [5.41, 5.74) is 1.94. The summed E-state index contributed by atoms with van der Waals surface area (Å²) in [5.74, 6) is 0.193. The molecule has 0 heterocycles. The van der Waals surface area contributed by atoms with Crippen LogP contribution in [0.1, 0.15) is 33.6 Å². The quantitative estimate of drug-likeness (QED) is 0.706. The lowest BCUT2D eigenvalue weighted by Crippen LogP contribution is -2.31. The Morgan fingerprint density at radius 3 is 2.88 bits per heavy atom.